The fourth-order valence-corrected chi connectivity index (χ4v) is 2.71. The Labute approximate surface area is 104 Å². The first kappa shape index (κ1) is 11.6. The lowest BCUT2D eigenvalue weighted by atomic mass is 10.2. The van der Waals surface area contributed by atoms with Crippen LogP contribution in [0.25, 0.3) is 10.2 Å². The lowest BCUT2D eigenvalue weighted by Gasteiger charge is -2.20. The van der Waals surface area contributed by atoms with Crippen molar-refractivity contribution in [2.45, 2.75) is 13.8 Å². The third kappa shape index (κ3) is 2.28. The molecule has 0 spiro atoms. The fraction of sp³-hybridized carbons (Fsp3) is 0.455. The average molecular weight is 256 g/mol. The Morgan fingerprint density at radius 1 is 1.44 bits per heavy atom. The van der Waals surface area contributed by atoms with E-state index in [0.717, 1.165) is 22.6 Å². The number of rotatable bonds is 3. The quantitative estimate of drug-likeness (QED) is 0.787. The molecule has 3 nitrogen and oxygen atoms in total. The number of thiophene rings is 1. The second-order valence-electron chi connectivity index (χ2n) is 4.23. The molecule has 0 radical (unpaired) electrons. The second-order valence-corrected chi connectivity index (χ2v) is 5.46. The van der Waals surface area contributed by atoms with Gasteiger partial charge in [-0.2, -0.15) is 4.98 Å². The van der Waals surface area contributed by atoms with Crippen molar-refractivity contribution in [1.82, 2.24) is 9.97 Å². The molecule has 2 rings (SSSR count). The van der Waals surface area contributed by atoms with Gasteiger partial charge in [0, 0.05) is 13.6 Å². The molecule has 0 unspecified atom stereocenters. The zero-order valence-corrected chi connectivity index (χ0v) is 11.1. The third-order valence-corrected chi connectivity index (χ3v) is 3.25. The highest BCUT2D eigenvalue weighted by atomic mass is 35.5. The average Bonchev–Trinajstić information content (AvgIpc) is 2.62. The third-order valence-electron chi connectivity index (χ3n) is 2.28. The summed E-state index contributed by atoms with van der Waals surface area (Å²) >= 11 is 7.51. The molecule has 86 valence electrons. The van der Waals surface area contributed by atoms with Crippen molar-refractivity contribution in [2.24, 2.45) is 5.92 Å². The minimum Gasteiger partial charge on any atom is -0.359 e. The monoisotopic (exact) mass is 255 g/mol. The van der Waals surface area contributed by atoms with Crippen molar-refractivity contribution < 1.29 is 0 Å². The van der Waals surface area contributed by atoms with Gasteiger partial charge in [0.2, 0.25) is 5.28 Å². The topological polar surface area (TPSA) is 29.0 Å². The van der Waals surface area contributed by atoms with Crippen LogP contribution in [0.4, 0.5) is 5.82 Å². The molecule has 0 saturated heterocycles. The summed E-state index contributed by atoms with van der Waals surface area (Å²) in [5.74, 6) is 1.51. The lowest BCUT2D eigenvalue weighted by Crippen LogP contribution is -2.23. The van der Waals surface area contributed by atoms with Crippen LogP contribution in [0.1, 0.15) is 13.8 Å². The van der Waals surface area contributed by atoms with Gasteiger partial charge >= 0.3 is 0 Å². The van der Waals surface area contributed by atoms with Crippen LogP contribution in [0, 0.1) is 5.92 Å². The highest BCUT2D eigenvalue weighted by molar-refractivity contribution is 7.16. The maximum atomic E-state index is 5.92. The Bertz CT molecular complexity index is 495. The Morgan fingerprint density at radius 3 is 2.88 bits per heavy atom. The molecule has 2 heterocycles. The van der Waals surface area contributed by atoms with Crippen LogP contribution in [-0.4, -0.2) is 23.6 Å². The first-order valence-corrected chi connectivity index (χ1v) is 6.45. The van der Waals surface area contributed by atoms with Gasteiger partial charge in [0.1, 0.15) is 10.6 Å². The SMILES string of the molecule is CC(C)CN(C)c1nc(Cl)nc2sccc12. The Kier molecular flexibility index (Phi) is 3.30. The van der Waals surface area contributed by atoms with Crippen LogP contribution in [0.2, 0.25) is 5.28 Å². The summed E-state index contributed by atoms with van der Waals surface area (Å²) < 4.78 is 0. The van der Waals surface area contributed by atoms with Crippen LogP contribution in [0.15, 0.2) is 11.4 Å². The lowest BCUT2D eigenvalue weighted by molar-refractivity contribution is 0.635. The molecule has 0 atom stereocenters. The van der Waals surface area contributed by atoms with Crippen LogP contribution < -0.4 is 4.90 Å². The number of anilines is 1. The van der Waals surface area contributed by atoms with E-state index in [4.69, 9.17) is 11.6 Å². The van der Waals surface area contributed by atoms with Crippen LogP contribution in [0.5, 0.6) is 0 Å². The molecule has 0 aliphatic heterocycles. The molecule has 5 heteroatoms. The van der Waals surface area contributed by atoms with Gasteiger partial charge in [-0.15, -0.1) is 11.3 Å². The standard InChI is InChI=1S/C11H14ClN3S/c1-7(2)6-15(3)9-8-4-5-16-10(8)14-11(12)13-9/h4-5,7H,6H2,1-3H3. The summed E-state index contributed by atoms with van der Waals surface area (Å²) in [6.45, 7) is 5.33. The molecule has 0 bridgehead atoms. The van der Waals surface area contributed by atoms with Crippen molar-refractivity contribution in [1.29, 1.82) is 0 Å². The van der Waals surface area contributed by atoms with Gasteiger partial charge in [0.25, 0.3) is 0 Å². The summed E-state index contributed by atoms with van der Waals surface area (Å²) in [7, 11) is 2.04. The molecule has 16 heavy (non-hydrogen) atoms. The van der Waals surface area contributed by atoms with Crippen molar-refractivity contribution in [3.8, 4) is 0 Å². The Morgan fingerprint density at radius 2 is 2.19 bits per heavy atom. The minimum atomic E-state index is 0.320. The maximum absolute atomic E-state index is 5.92. The zero-order valence-electron chi connectivity index (χ0n) is 9.57. The molecule has 0 amide bonds. The molecular formula is C11H14ClN3S. The fourth-order valence-electron chi connectivity index (χ4n) is 1.74. The van der Waals surface area contributed by atoms with Gasteiger partial charge in [0.05, 0.1) is 5.39 Å². The zero-order chi connectivity index (χ0) is 11.7. The van der Waals surface area contributed by atoms with Crippen molar-refractivity contribution >= 4 is 39.0 Å². The van der Waals surface area contributed by atoms with E-state index >= 15 is 0 Å². The number of hydrogen-bond donors (Lipinski definition) is 0. The highest BCUT2D eigenvalue weighted by Gasteiger charge is 2.12. The predicted molar refractivity (Wildman–Crippen MR) is 70.5 cm³/mol. The summed E-state index contributed by atoms with van der Waals surface area (Å²) in [4.78, 5) is 11.6. The number of nitrogens with zero attached hydrogens (tertiary/aromatic N) is 3. The molecule has 2 aromatic heterocycles. The Hall–Kier alpha value is -0.870. The van der Waals surface area contributed by atoms with Crippen molar-refractivity contribution in [2.75, 3.05) is 18.5 Å². The van der Waals surface area contributed by atoms with Gasteiger partial charge in [-0.05, 0) is 29.0 Å². The largest absolute Gasteiger partial charge is 0.359 e. The van der Waals surface area contributed by atoms with Crippen molar-refractivity contribution in [3.05, 3.63) is 16.7 Å². The van der Waals surface area contributed by atoms with Gasteiger partial charge < -0.3 is 4.90 Å². The van der Waals surface area contributed by atoms with Gasteiger partial charge in [-0.1, -0.05) is 13.8 Å². The number of fused-ring (bicyclic) bond motifs is 1. The van der Waals surface area contributed by atoms with E-state index < -0.39 is 0 Å². The normalized spacial score (nSPS) is 11.3. The number of hydrogen-bond acceptors (Lipinski definition) is 4. The van der Waals surface area contributed by atoms with Gasteiger partial charge in [-0.25, -0.2) is 4.98 Å². The smallest absolute Gasteiger partial charge is 0.225 e. The van der Waals surface area contributed by atoms with E-state index in [1.807, 2.05) is 18.5 Å². The Balaban J connectivity index is 2.45. The molecular weight excluding hydrogens is 242 g/mol. The molecule has 0 aromatic carbocycles. The first-order valence-electron chi connectivity index (χ1n) is 5.20. The van der Waals surface area contributed by atoms with E-state index in [2.05, 4.69) is 28.7 Å². The van der Waals surface area contributed by atoms with Gasteiger partial charge in [-0.3, -0.25) is 0 Å². The van der Waals surface area contributed by atoms with E-state index in [1.165, 1.54) is 0 Å². The highest BCUT2D eigenvalue weighted by Crippen LogP contribution is 2.28. The van der Waals surface area contributed by atoms with E-state index in [1.54, 1.807) is 11.3 Å². The van der Waals surface area contributed by atoms with Crippen LogP contribution >= 0.6 is 22.9 Å². The molecule has 2 aromatic rings. The summed E-state index contributed by atoms with van der Waals surface area (Å²) in [5.41, 5.74) is 0. The van der Waals surface area contributed by atoms with Crippen LogP contribution in [0.3, 0.4) is 0 Å². The van der Waals surface area contributed by atoms with E-state index in [9.17, 15) is 0 Å². The minimum absolute atomic E-state index is 0.320. The second kappa shape index (κ2) is 4.55. The van der Waals surface area contributed by atoms with Crippen LogP contribution in [-0.2, 0) is 0 Å². The summed E-state index contributed by atoms with van der Waals surface area (Å²) in [6, 6.07) is 2.04. The number of aromatic nitrogens is 2. The predicted octanol–water partition coefficient (Wildman–Crippen LogP) is 3.44. The molecule has 0 aliphatic rings. The summed E-state index contributed by atoms with van der Waals surface area (Å²) in [6.07, 6.45) is 0. The van der Waals surface area contributed by atoms with Gasteiger partial charge in [0.15, 0.2) is 0 Å². The molecule has 0 saturated carbocycles. The molecule has 0 aliphatic carbocycles. The molecule has 0 N–H and O–H groups in total. The van der Waals surface area contributed by atoms with E-state index in [0.29, 0.717) is 11.2 Å². The first-order chi connectivity index (χ1) is 7.58. The van der Waals surface area contributed by atoms with Crippen molar-refractivity contribution in [3.63, 3.8) is 0 Å². The summed E-state index contributed by atoms with van der Waals surface area (Å²) in [5, 5.41) is 3.42. The maximum Gasteiger partial charge on any atom is 0.225 e. The number of halogens is 1. The van der Waals surface area contributed by atoms with E-state index in [-0.39, 0.29) is 0 Å². The molecule has 0 fully saturated rings.